The Morgan fingerprint density at radius 1 is 0.920 bits per heavy atom. The lowest BCUT2D eigenvalue weighted by molar-refractivity contribution is -0.518. The van der Waals surface area contributed by atoms with Crippen LogP contribution in [-0.4, -0.2) is 49.4 Å². The molecule has 0 aromatic rings. The number of carbonyl (C=O) groups is 1. The summed E-state index contributed by atoms with van der Waals surface area (Å²) in [6.07, 6.45) is -22.0. The van der Waals surface area contributed by atoms with Gasteiger partial charge in [0.2, 0.25) is 0 Å². The molecule has 150 valence electrons. The predicted octanol–water partition coefficient (Wildman–Crippen LogP) is 4.04. The molecule has 0 N–H and O–H groups in total. The van der Waals surface area contributed by atoms with Gasteiger partial charge in [-0.05, 0) is 13.3 Å². The lowest BCUT2D eigenvalue weighted by Gasteiger charge is -2.38. The zero-order valence-corrected chi connectivity index (χ0v) is 12.7. The Labute approximate surface area is 134 Å². The summed E-state index contributed by atoms with van der Waals surface area (Å²) >= 11 is 0. The monoisotopic (exact) mass is 398 g/mol. The minimum atomic E-state index is -6.94. The molecule has 0 aromatic heterocycles. The van der Waals surface area contributed by atoms with E-state index < -0.39 is 48.7 Å². The Morgan fingerprint density at radius 2 is 1.36 bits per heavy atom. The highest BCUT2D eigenvalue weighted by molar-refractivity contribution is 5.78. The Hall–Kier alpha value is -1.31. The Kier molecular flexibility index (Phi) is 6.76. The molecule has 14 heteroatoms. The van der Waals surface area contributed by atoms with E-state index in [1.165, 1.54) is 0 Å². The number of methoxy groups -OCH3 is 1. The van der Waals surface area contributed by atoms with Crippen molar-refractivity contribution in [2.24, 2.45) is 0 Å². The molecule has 0 aliphatic rings. The molecule has 0 fully saturated rings. The maximum atomic E-state index is 13.8. The number of hydrogen-bond donors (Lipinski definition) is 0. The number of ether oxygens (including phenoxy) is 3. The third-order valence-corrected chi connectivity index (χ3v) is 2.74. The number of alkyl halides is 10. The maximum Gasteiger partial charge on any atom is 0.458 e. The van der Waals surface area contributed by atoms with E-state index in [4.69, 9.17) is 0 Å². The summed E-state index contributed by atoms with van der Waals surface area (Å²) in [5, 5.41) is 0. The van der Waals surface area contributed by atoms with Crippen LogP contribution in [0.3, 0.4) is 0 Å². The van der Waals surface area contributed by atoms with Crippen molar-refractivity contribution in [3.05, 3.63) is 0 Å². The molecule has 0 aliphatic heterocycles. The van der Waals surface area contributed by atoms with Gasteiger partial charge in [0.1, 0.15) is 0 Å². The second kappa shape index (κ2) is 7.13. The van der Waals surface area contributed by atoms with E-state index in [2.05, 4.69) is 14.2 Å². The molecule has 0 aliphatic carbocycles. The molecular weight excluding hydrogens is 386 g/mol. The molecule has 0 saturated carbocycles. The van der Waals surface area contributed by atoms with Crippen LogP contribution in [0, 0.1) is 0 Å². The molecule has 4 nitrogen and oxygen atoms in total. The van der Waals surface area contributed by atoms with Crippen LogP contribution in [0.1, 0.15) is 20.3 Å². The summed E-state index contributed by atoms with van der Waals surface area (Å²) < 4.78 is 140. The Bertz CT molecular complexity index is 478. The van der Waals surface area contributed by atoms with Gasteiger partial charge in [0.15, 0.2) is 0 Å². The van der Waals surface area contributed by atoms with Gasteiger partial charge in [-0.15, -0.1) is 0 Å². The first-order valence-corrected chi connectivity index (χ1v) is 6.25. The van der Waals surface area contributed by atoms with Crippen LogP contribution < -0.4 is 0 Å². The van der Waals surface area contributed by atoms with Gasteiger partial charge in [0.05, 0.1) is 13.2 Å². The summed E-state index contributed by atoms with van der Waals surface area (Å²) in [5.41, 5.74) is 0. The van der Waals surface area contributed by atoms with Crippen molar-refractivity contribution in [3.8, 4) is 0 Å². The largest absolute Gasteiger partial charge is 0.464 e. The van der Waals surface area contributed by atoms with Crippen LogP contribution in [0.5, 0.6) is 0 Å². The molecule has 0 amide bonds. The fourth-order valence-corrected chi connectivity index (χ4v) is 1.18. The van der Waals surface area contributed by atoms with E-state index in [0.29, 0.717) is 0 Å². The van der Waals surface area contributed by atoms with E-state index in [1.54, 1.807) is 0 Å². The third kappa shape index (κ3) is 4.46. The molecular formula is C11H12F10O4. The summed E-state index contributed by atoms with van der Waals surface area (Å²) in [6.45, 7) is 1.83. The predicted molar refractivity (Wildman–Crippen MR) is 58.7 cm³/mol. The van der Waals surface area contributed by atoms with Crippen molar-refractivity contribution >= 4 is 5.97 Å². The molecule has 0 saturated heterocycles. The lowest BCUT2D eigenvalue weighted by Crippen LogP contribution is -2.64. The normalized spacial score (nSPS) is 17.8. The molecule has 0 spiro atoms. The number of halogens is 10. The first-order chi connectivity index (χ1) is 10.9. The second-order valence-corrected chi connectivity index (χ2v) is 4.63. The molecule has 0 aromatic carbocycles. The second-order valence-electron chi connectivity index (χ2n) is 4.63. The van der Waals surface area contributed by atoms with E-state index in [-0.39, 0.29) is 7.11 Å². The first kappa shape index (κ1) is 23.7. The number of carbonyl (C=O) groups excluding carboxylic acids is 1. The van der Waals surface area contributed by atoms with E-state index in [0.717, 1.165) is 13.8 Å². The average Bonchev–Trinajstić information content (AvgIpc) is 2.43. The zero-order chi connectivity index (χ0) is 20.5. The van der Waals surface area contributed by atoms with E-state index in [9.17, 15) is 48.7 Å². The summed E-state index contributed by atoms with van der Waals surface area (Å²) in [7, 11) is 0.138. The van der Waals surface area contributed by atoms with Crippen LogP contribution >= 0.6 is 0 Å². The SMILES string of the molecule is CCC(C)OC(F)(F)C(F)(OC(F)(F)C(F)(F)C(=O)OC)C(F)(F)F. The molecule has 0 rings (SSSR count). The fourth-order valence-electron chi connectivity index (χ4n) is 1.18. The van der Waals surface area contributed by atoms with Crippen molar-refractivity contribution in [2.45, 2.75) is 56.5 Å². The first-order valence-electron chi connectivity index (χ1n) is 6.25. The quantitative estimate of drug-likeness (QED) is 0.458. The average molecular weight is 398 g/mol. The minimum Gasteiger partial charge on any atom is -0.464 e. The Morgan fingerprint density at radius 3 is 1.68 bits per heavy atom. The smallest absolute Gasteiger partial charge is 0.458 e. The van der Waals surface area contributed by atoms with Crippen molar-refractivity contribution in [1.82, 2.24) is 0 Å². The van der Waals surface area contributed by atoms with Gasteiger partial charge in [-0.2, -0.15) is 43.9 Å². The van der Waals surface area contributed by atoms with Crippen LogP contribution in [0.25, 0.3) is 0 Å². The van der Waals surface area contributed by atoms with Gasteiger partial charge < -0.3 is 9.47 Å². The number of esters is 1. The molecule has 0 bridgehead atoms. The van der Waals surface area contributed by atoms with Gasteiger partial charge in [0, 0.05) is 0 Å². The van der Waals surface area contributed by atoms with Crippen LogP contribution in [0.15, 0.2) is 0 Å². The molecule has 2 atom stereocenters. The standard InChI is InChI=1S/C11H12F10O4/c1-4-5(2)24-11(20,21)8(14,9(15,16)17)25-10(18,19)7(12,13)6(22)23-3/h5H,4H2,1-3H3. The van der Waals surface area contributed by atoms with E-state index >= 15 is 0 Å². The van der Waals surface area contributed by atoms with Gasteiger partial charge >= 0.3 is 36.1 Å². The number of rotatable bonds is 8. The zero-order valence-electron chi connectivity index (χ0n) is 12.7. The molecule has 0 heterocycles. The molecule has 25 heavy (non-hydrogen) atoms. The van der Waals surface area contributed by atoms with Crippen LogP contribution in [0.2, 0.25) is 0 Å². The van der Waals surface area contributed by atoms with E-state index in [1.807, 2.05) is 0 Å². The third-order valence-electron chi connectivity index (χ3n) is 2.74. The molecule has 0 radical (unpaired) electrons. The van der Waals surface area contributed by atoms with Crippen molar-refractivity contribution in [1.29, 1.82) is 0 Å². The fraction of sp³-hybridized carbons (Fsp3) is 0.909. The Balaban J connectivity index is 6.05. The summed E-state index contributed by atoms with van der Waals surface area (Å²) in [4.78, 5) is 10.5. The highest BCUT2D eigenvalue weighted by Gasteiger charge is 2.81. The summed E-state index contributed by atoms with van der Waals surface area (Å²) in [5.74, 6) is -16.1. The maximum absolute atomic E-state index is 13.8. The van der Waals surface area contributed by atoms with Crippen LogP contribution in [0.4, 0.5) is 43.9 Å². The highest BCUT2D eigenvalue weighted by atomic mass is 19.4. The summed E-state index contributed by atoms with van der Waals surface area (Å²) in [6, 6.07) is 0. The van der Waals surface area contributed by atoms with Crippen molar-refractivity contribution in [2.75, 3.05) is 7.11 Å². The van der Waals surface area contributed by atoms with Gasteiger partial charge in [-0.25, -0.2) is 4.79 Å². The number of hydrogen-bond acceptors (Lipinski definition) is 4. The minimum absolute atomic E-state index is 0.138. The lowest BCUT2D eigenvalue weighted by atomic mass is 10.2. The molecule has 2 unspecified atom stereocenters. The van der Waals surface area contributed by atoms with Crippen LogP contribution in [-0.2, 0) is 19.0 Å². The van der Waals surface area contributed by atoms with Gasteiger partial charge in [0.25, 0.3) is 0 Å². The van der Waals surface area contributed by atoms with Crippen molar-refractivity contribution in [3.63, 3.8) is 0 Å². The van der Waals surface area contributed by atoms with Crippen molar-refractivity contribution < 1.29 is 62.9 Å². The van der Waals surface area contributed by atoms with Gasteiger partial charge in [-0.1, -0.05) is 6.92 Å². The van der Waals surface area contributed by atoms with Gasteiger partial charge in [-0.3, -0.25) is 4.74 Å². The topological polar surface area (TPSA) is 44.8 Å². The highest BCUT2D eigenvalue weighted by Crippen LogP contribution is 2.52.